The Morgan fingerprint density at radius 2 is 2.03 bits per heavy atom. The Kier molecular flexibility index (Phi) is 6.38. The van der Waals surface area contributed by atoms with Crippen LogP contribution in [-0.2, 0) is 21.1 Å². The number of aromatic nitrogens is 3. The number of hydrogen-bond donors (Lipinski definition) is 1. The summed E-state index contributed by atoms with van der Waals surface area (Å²) in [6, 6.07) is 11.9. The fourth-order valence-electron chi connectivity index (χ4n) is 3.21. The summed E-state index contributed by atoms with van der Waals surface area (Å²) in [5.41, 5.74) is 4.74. The number of anilines is 1. The minimum atomic E-state index is -3.58. The van der Waals surface area contributed by atoms with Crippen LogP contribution in [0.15, 0.2) is 41.1 Å². The van der Waals surface area contributed by atoms with Crippen molar-refractivity contribution in [2.24, 2.45) is 0 Å². The Labute approximate surface area is 185 Å². The zero-order valence-corrected chi connectivity index (χ0v) is 19.1. The van der Waals surface area contributed by atoms with Gasteiger partial charge in [0.15, 0.2) is 0 Å². The molecule has 0 radical (unpaired) electrons. The van der Waals surface area contributed by atoms with Crippen LogP contribution in [0.2, 0.25) is 0 Å². The highest BCUT2D eigenvalue weighted by molar-refractivity contribution is 7.90. The Bertz CT molecular complexity index is 1330. The molecule has 0 fully saturated rings. The molecule has 0 saturated heterocycles. The van der Waals surface area contributed by atoms with Gasteiger partial charge in [-0.3, -0.25) is 10.1 Å². The van der Waals surface area contributed by atoms with E-state index < -0.39 is 15.7 Å². The van der Waals surface area contributed by atoms with Crippen molar-refractivity contribution >= 4 is 38.5 Å². The van der Waals surface area contributed by atoms with E-state index in [1.807, 2.05) is 44.2 Å². The van der Waals surface area contributed by atoms with Crippen LogP contribution in [0.25, 0.3) is 11.8 Å². The molecule has 1 amide bonds. The molecule has 8 nitrogen and oxygen atoms in total. The number of sulfone groups is 1. The van der Waals surface area contributed by atoms with Crippen LogP contribution in [0.1, 0.15) is 29.4 Å². The largest absolute Gasteiger partial charge is 0.318 e. The number of carbonyl (C=O) groups is 1. The molecule has 10 heteroatoms. The standard InChI is InChI=1S/C21H21N5O3S2/c1-5-15-8-6-7-9-18(15)26-13(2)10-16(14(26)3)11-17(12-22)19(27)23-20-24-21(25-30-20)31(4,28)29/h6-11H,5H2,1-4H3,(H,23,24,25,27). The van der Waals surface area contributed by atoms with Gasteiger partial charge in [0.05, 0.1) is 0 Å². The Morgan fingerprint density at radius 3 is 2.65 bits per heavy atom. The zero-order valence-electron chi connectivity index (χ0n) is 17.5. The fraction of sp³-hybridized carbons (Fsp3) is 0.238. The topological polar surface area (TPSA) is 118 Å². The summed E-state index contributed by atoms with van der Waals surface area (Å²) in [5.74, 6) is -0.683. The molecule has 0 aliphatic rings. The summed E-state index contributed by atoms with van der Waals surface area (Å²) in [7, 11) is -3.58. The van der Waals surface area contributed by atoms with E-state index in [2.05, 4.69) is 32.2 Å². The lowest BCUT2D eigenvalue weighted by molar-refractivity contribution is -0.112. The molecule has 3 aromatic rings. The fourth-order valence-corrected chi connectivity index (χ4v) is 4.65. The molecule has 1 N–H and O–H groups in total. The van der Waals surface area contributed by atoms with Gasteiger partial charge in [-0.15, -0.1) is 0 Å². The smallest absolute Gasteiger partial charge is 0.268 e. The number of amides is 1. The van der Waals surface area contributed by atoms with Gasteiger partial charge in [0.1, 0.15) is 11.6 Å². The molecule has 1 aromatic carbocycles. The molecule has 0 atom stereocenters. The highest BCUT2D eigenvalue weighted by atomic mass is 32.2. The van der Waals surface area contributed by atoms with E-state index >= 15 is 0 Å². The van der Waals surface area contributed by atoms with Gasteiger partial charge in [0.2, 0.25) is 15.0 Å². The third kappa shape index (κ3) is 4.73. The van der Waals surface area contributed by atoms with E-state index in [0.717, 1.165) is 46.8 Å². The molecule has 160 valence electrons. The lowest BCUT2D eigenvalue weighted by atomic mass is 10.1. The Balaban J connectivity index is 1.94. The average molecular weight is 456 g/mol. The summed E-state index contributed by atoms with van der Waals surface area (Å²) >= 11 is 0.737. The Hall–Kier alpha value is -3.29. The van der Waals surface area contributed by atoms with Crippen LogP contribution in [0.5, 0.6) is 0 Å². The molecule has 0 saturated carbocycles. The SMILES string of the molecule is CCc1ccccc1-n1c(C)cc(C=C(C#N)C(=O)Nc2nc(S(C)(=O)=O)ns2)c1C. The summed E-state index contributed by atoms with van der Waals surface area (Å²) < 4.78 is 28.8. The van der Waals surface area contributed by atoms with E-state index in [1.165, 1.54) is 11.6 Å². The predicted molar refractivity (Wildman–Crippen MR) is 120 cm³/mol. The first kappa shape index (κ1) is 22.4. The lowest BCUT2D eigenvalue weighted by Crippen LogP contribution is -2.13. The van der Waals surface area contributed by atoms with Crippen molar-refractivity contribution in [2.75, 3.05) is 11.6 Å². The van der Waals surface area contributed by atoms with Crippen molar-refractivity contribution in [3.05, 3.63) is 58.4 Å². The van der Waals surface area contributed by atoms with Gasteiger partial charge in [-0.1, -0.05) is 25.1 Å². The van der Waals surface area contributed by atoms with Crippen molar-refractivity contribution in [1.29, 1.82) is 5.26 Å². The minimum absolute atomic E-state index is 0.00826. The van der Waals surface area contributed by atoms with Crippen molar-refractivity contribution in [3.8, 4) is 11.8 Å². The van der Waals surface area contributed by atoms with Crippen LogP contribution < -0.4 is 5.32 Å². The number of benzene rings is 1. The molecule has 31 heavy (non-hydrogen) atoms. The van der Waals surface area contributed by atoms with Crippen LogP contribution >= 0.6 is 11.5 Å². The Morgan fingerprint density at radius 1 is 1.32 bits per heavy atom. The number of carbonyl (C=O) groups excluding carboxylic acids is 1. The minimum Gasteiger partial charge on any atom is -0.318 e. The summed E-state index contributed by atoms with van der Waals surface area (Å²) in [5, 5.41) is 11.6. The highest BCUT2D eigenvalue weighted by Gasteiger charge is 2.18. The van der Waals surface area contributed by atoms with Gasteiger partial charge in [0, 0.05) is 34.9 Å². The second kappa shape index (κ2) is 8.83. The summed E-state index contributed by atoms with van der Waals surface area (Å²) in [6.45, 7) is 5.99. The molecule has 0 bridgehead atoms. The highest BCUT2D eigenvalue weighted by Crippen LogP contribution is 2.25. The van der Waals surface area contributed by atoms with Crippen molar-refractivity contribution in [1.82, 2.24) is 13.9 Å². The molecule has 3 rings (SSSR count). The van der Waals surface area contributed by atoms with E-state index in [0.29, 0.717) is 0 Å². The first-order valence-electron chi connectivity index (χ1n) is 9.39. The maximum atomic E-state index is 12.6. The predicted octanol–water partition coefficient (Wildman–Crippen LogP) is 3.46. The van der Waals surface area contributed by atoms with Gasteiger partial charge in [-0.25, -0.2) is 8.42 Å². The first-order chi connectivity index (χ1) is 14.7. The molecule has 0 spiro atoms. The van der Waals surface area contributed by atoms with E-state index in [1.54, 1.807) is 0 Å². The van der Waals surface area contributed by atoms with Crippen LogP contribution in [0.4, 0.5) is 5.13 Å². The third-order valence-electron chi connectivity index (χ3n) is 4.71. The number of nitriles is 1. The lowest BCUT2D eigenvalue weighted by Gasteiger charge is -2.14. The van der Waals surface area contributed by atoms with E-state index in [4.69, 9.17) is 0 Å². The third-order valence-corrected chi connectivity index (χ3v) is 6.30. The van der Waals surface area contributed by atoms with Crippen LogP contribution in [0.3, 0.4) is 0 Å². The second-order valence-electron chi connectivity index (χ2n) is 6.92. The zero-order chi connectivity index (χ0) is 22.8. The summed E-state index contributed by atoms with van der Waals surface area (Å²) in [6.07, 6.45) is 3.37. The van der Waals surface area contributed by atoms with Gasteiger partial charge in [0.25, 0.3) is 11.1 Å². The molecule has 2 heterocycles. The molecular formula is C21H21N5O3S2. The quantitative estimate of drug-likeness (QED) is 0.449. The number of aryl methyl sites for hydroxylation is 2. The monoisotopic (exact) mass is 455 g/mol. The van der Waals surface area contributed by atoms with Gasteiger partial charge in [-0.2, -0.15) is 14.6 Å². The first-order valence-corrected chi connectivity index (χ1v) is 12.1. The van der Waals surface area contributed by atoms with Crippen molar-refractivity contribution in [3.63, 3.8) is 0 Å². The molecule has 2 aromatic heterocycles. The molecule has 0 aliphatic carbocycles. The van der Waals surface area contributed by atoms with Crippen LogP contribution in [-0.4, -0.2) is 34.5 Å². The van der Waals surface area contributed by atoms with E-state index in [9.17, 15) is 18.5 Å². The van der Waals surface area contributed by atoms with Gasteiger partial charge < -0.3 is 4.57 Å². The van der Waals surface area contributed by atoms with Crippen molar-refractivity contribution < 1.29 is 13.2 Å². The maximum Gasteiger partial charge on any atom is 0.268 e. The second-order valence-corrected chi connectivity index (χ2v) is 9.58. The van der Waals surface area contributed by atoms with Gasteiger partial charge in [-0.05, 0) is 49.6 Å². The van der Waals surface area contributed by atoms with Crippen LogP contribution in [0, 0.1) is 25.2 Å². The van der Waals surface area contributed by atoms with E-state index in [-0.39, 0.29) is 15.9 Å². The van der Waals surface area contributed by atoms with Crippen molar-refractivity contribution in [2.45, 2.75) is 32.3 Å². The number of nitrogens with zero attached hydrogens (tertiary/aromatic N) is 4. The number of rotatable bonds is 6. The summed E-state index contributed by atoms with van der Waals surface area (Å²) in [4.78, 5) is 16.3. The molecule has 0 aliphatic heterocycles. The number of para-hydroxylation sites is 1. The maximum absolute atomic E-state index is 12.6. The number of nitrogens with one attached hydrogen (secondary N) is 1. The van der Waals surface area contributed by atoms with Gasteiger partial charge >= 0.3 is 0 Å². The average Bonchev–Trinajstić information content (AvgIpc) is 3.30. The normalized spacial score (nSPS) is 11.9. The molecular weight excluding hydrogens is 434 g/mol. The molecule has 0 unspecified atom stereocenters. The number of hydrogen-bond acceptors (Lipinski definition) is 7.